The maximum absolute atomic E-state index is 12.5. The highest BCUT2D eigenvalue weighted by atomic mass is 32.2. The first kappa shape index (κ1) is 27.9. The van der Waals surface area contributed by atoms with Crippen molar-refractivity contribution in [2.45, 2.75) is 76.0 Å². The normalized spacial score (nSPS) is 34.8. The van der Waals surface area contributed by atoms with Gasteiger partial charge in [0.2, 0.25) is 0 Å². The Bertz CT molecular complexity index is 1030. The fourth-order valence-corrected chi connectivity index (χ4v) is 7.50. The first-order valence-electron chi connectivity index (χ1n) is 13.3. The van der Waals surface area contributed by atoms with Crippen molar-refractivity contribution in [2.75, 3.05) is 19.0 Å². The van der Waals surface area contributed by atoms with Crippen molar-refractivity contribution >= 4 is 23.7 Å². The van der Waals surface area contributed by atoms with E-state index < -0.39 is 23.6 Å². The third-order valence-corrected chi connectivity index (χ3v) is 9.93. The number of thioether (sulfide) groups is 1. The minimum atomic E-state index is -0.695. The van der Waals surface area contributed by atoms with Crippen LogP contribution in [-0.2, 0) is 19.1 Å². The first-order chi connectivity index (χ1) is 17.7. The van der Waals surface area contributed by atoms with Crippen LogP contribution in [-0.4, -0.2) is 58.3 Å². The molecule has 3 aliphatic rings. The summed E-state index contributed by atoms with van der Waals surface area (Å²) < 4.78 is 10.9. The van der Waals surface area contributed by atoms with Crippen LogP contribution in [0.15, 0.2) is 53.2 Å². The van der Waals surface area contributed by atoms with Gasteiger partial charge in [0.1, 0.15) is 6.61 Å². The number of aliphatic hydroxyl groups is 2. The van der Waals surface area contributed by atoms with E-state index in [-0.39, 0.29) is 42.9 Å². The number of carbonyl (C=O) groups is 2. The standard InChI is InChI=1S/C29H39NO6S/c1-19-9-12-23-28(2,14-13-24(32)29(23,3)18-31)21(19)11-10-20-22(17-35-27(20)34)36-26(33)8-6-16-37-25-7-4-5-15-30-25/h4-5,7,10,15,21-24,31-32H,1,6,8-9,11-14,16-18H2,2-3H3/b20-10+/t21-,22-,23+,24-,28+,29+/m1/s1. The van der Waals surface area contributed by atoms with Crippen LogP contribution in [0, 0.1) is 22.7 Å². The molecule has 2 heterocycles. The van der Waals surface area contributed by atoms with Crippen LogP contribution >= 0.6 is 11.8 Å². The quantitative estimate of drug-likeness (QED) is 0.159. The number of cyclic esters (lactones) is 1. The summed E-state index contributed by atoms with van der Waals surface area (Å²) in [5.74, 6) is 0.219. The van der Waals surface area contributed by atoms with Gasteiger partial charge in [-0.15, -0.1) is 11.8 Å². The van der Waals surface area contributed by atoms with Crippen molar-refractivity contribution in [1.29, 1.82) is 0 Å². The number of hydrogen-bond donors (Lipinski definition) is 2. The van der Waals surface area contributed by atoms with Gasteiger partial charge in [-0.2, -0.15) is 0 Å². The zero-order chi connectivity index (χ0) is 26.6. The summed E-state index contributed by atoms with van der Waals surface area (Å²) in [6, 6.07) is 5.73. The number of carbonyl (C=O) groups excluding carboxylic acids is 2. The number of rotatable bonds is 9. The van der Waals surface area contributed by atoms with E-state index in [4.69, 9.17) is 9.47 Å². The number of nitrogens with zero attached hydrogens (tertiary/aromatic N) is 1. The highest BCUT2D eigenvalue weighted by Gasteiger charge is 2.57. The Morgan fingerprint density at radius 1 is 1.35 bits per heavy atom. The van der Waals surface area contributed by atoms with Gasteiger partial charge in [-0.3, -0.25) is 4.79 Å². The van der Waals surface area contributed by atoms with E-state index in [2.05, 4.69) is 18.5 Å². The molecule has 0 amide bonds. The number of fused-ring (bicyclic) bond motifs is 1. The largest absolute Gasteiger partial charge is 0.458 e. The van der Waals surface area contributed by atoms with Crippen molar-refractivity contribution in [3.63, 3.8) is 0 Å². The fourth-order valence-electron chi connectivity index (χ4n) is 6.69. The smallest absolute Gasteiger partial charge is 0.337 e. The molecule has 0 radical (unpaired) electrons. The van der Waals surface area contributed by atoms with Crippen LogP contribution in [0.4, 0.5) is 0 Å². The number of ether oxygens (including phenoxy) is 2. The predicted molar refractivity (Wildman–Crippen MR) is 142 cm³/mol. The summed E-state index contributed by atoms with van der Waals surface area (Å²) in [6.07, 6.45) is 7.07. The molecule has 0 spiro atoms. The van der Waals surface area contributed by atoms with Gasteiger partial charge in [-0.1, -0.05) is 38.1 Å². The van der Waals surface area contributed by atoms with Gasteiger partial charge in [0, 0.05) is 23.8 Å². The van der Waals surface area contributed by atoms with E-state index >= 15 is 0 Å². The van der Waals surface area contributed by atoms with Gasteiger partial charge >= 0.3 is 11.9 Å². The monoisotopic (exact) mass is 529 g/mol. The molecule has 0 bridgehead atoms. The number of pyridine rings is 1. The van der Waals surface area contributed by atoms with Crippen molar-refractivity contribution in [3.05, 3.63) is 48.2 Å². The van der Waals surface area contributed by atoms with E-state index in [1.165, 1.54) is 0 Å². The molecule has 3 fully saturated rings. The lowest BCUT2D eigenvalue weighted by Crippen LogP contribution is -2.57. The molecule has 2 N–H and O–H groups in total. The number of allylic oxidation sites excluding steroid dienone is 2. The van der Waals surface area contributed by atoms with Crippen LogP contribution in [0.2, 0.25) is 0 Å². The second-order valence-electron chi connectivity index (χ2n) is 11.1. The Morgan fingerprint density at radius 3 is 2.89 bits per heavy atom. The lowest BCUT2D eigenvalue weighted by molar-refractivity contribution is -0.151. The summed E-state index contributed by atoms with van der Waals surface area (Å²) in [5.41, 5.74) is 0.828. The molecule has 1 saturated heterocycles. The number of aromatic nitrogens is 1. The zero-order valence-electron chi connectivity index (χ0n) is 21.9. The molecule has 4 rings (SSSR count). The number of esters is 2. The Hall–Kier alpha value is -2.16. The highest BCUT2D eigenvalue weighted by Crippen LogP contribution is 2.61. The van der Waals surface area contributed by atoms with Crippen LogP contribution in [0.25, 0.3) is 0 Å². The molecule has 37 heavy (non-hydrogen) atoms. The van der Waals surface area contributed by atoms with Crippen LogP contribution in [0.3, 0.4) is 0 Å². The average molecular weight is 530 g/mol. The molecule has 2 aliphatic carbocycles. The Labute approximate surface area is 223 Å². The molecular formula is C29H39NO6S. The molecule has 0 aromatic carbocycles. The molecule has 1 aromatic heterocycles. The van der Waals surface area contributed by atoms with Crippen molar-refractivity contribution in [3.8, 4) is 0 Å². The summed E-state index contributed by atoms with van der Waals surface area (Å²) in [6.45, 7) is 8.57. The fraction of sp³-hybridized carbons (Fsp3) is 0.621. The number of aliphatic hydroxyl groups excluding tert-OH is 2. The molecule has 2 saturated carbocycles. The molecule has 6 atom stereocenters. The topological polar surface area (TPSA) is 106 Å². The van der Waals surface area contributed by atoms with E-state index in [0.29, 0.717) is 24.8 Å². The van der Waals surface area contributed by atoms with Gasteiger partial charge in [-0.25, -0.2) is 9.78 Å². The Kier molecular flexibility index (Phi) is 8.81. The Morgan fingerprint density at radius 2 is 2.16 bits per heavy atom. The summed E-state index contributed by atoms with van der Waals surface area (Å²) in [5, 5.41) is 21.8. The second kappa shape index (κ2) is 11.7. The van der Waals surface area contributed by atoms with Crippen molar-refractivity contribution in [1.82, 2.24) is 4.98 Å². The molecule has 202 valence electrons. The summed E-state index contributed by atoms with van der Waals surface area (Å²) >= 11 is 1.59. The summed E-state index contributed by atoms with van der Waals surface area (Å²) in [7, 11) is 0. The van der Waals surface area contributed by atoms with Crippen LogP contribution < -0.4 is 0 Å². The third kappa shape index (κ3) is 5.81. The molecule has 8 heteroatoms. The van der Waals surface area contributed by atoms with E-state index in [0.717, 1.165) is 35.6 Å². The highest BCUT2D eigenvalue weighted by molar-refractivity contribution is 7.99. The van der Waals surface area contributed by atoms with Crippen molar-refractivity contribution < 1.29 is 29.3 Å². The first-order valence-corrected chi connectivity index (χ1v) is 14.2. The molecule has 1 aromatic rings. The molecule has 0 unspecified atom stereocenters. The van der Waals surface area contributed by atoms with Crippen molar-refractivity contribution in [2.24, 2.45) is 22.7 Å². The SMILES string of the molecule is C=C1CC[C@@H]2[C@](C)(CO)[C@H](O)CC[C@@]2(C)[C@@H]1C/C=C1/C(=O)OC[C@H]1OC(=O)CCCSc1ccccn1. The molecule has 1 aliphatic heterocycles. The van der Waals surface area contributed by atoms with E-state index in [9.17, 15) is 19.8 Å². The number of hydrogen-bond acceptors (Lipinski definition) is 8. The molecule has 7 nitrogen and oxygen atoms in total. The van der Waals surface area contributed by atoms with Gasteiger partial charge in [-0.05, 0) is 67.9 Å². The maximum Gasteiger partial charge on any atom is 0.337 e. The van der Waals surface area contributed by atoms with Gasteiger partial charge in [0.05, 0.1) is 23.3 Å². The maximum atomic E-state index is 12.5. The van der Waals surface area contributed by atoms with E-state index in [1.54, 1.807) is 18.0 Å². The Balaban J connectivity index is 1.38. The average Bonchev–Trinajstić information content (AvgIpc) is 3.23. The van der Waals surface area contributed by atoms with E-state index in [1.807, 2.05) is 31.2 Å². The minimum Gasteiger partial charge on any atom is -0.458 e. The van der Waals surface area contributed by atoms with Gasteiger partial charge < -0.3 is 19.7 Å². The van der Waals surface area contributed by atoms with Gasteiger partial charge in [0.15, 0.2) is 6.10 Å². The van der Waals surface area contributed by atoms with Gasteiger partial charge in [0.25, 0.3) is 0 Å². The second-order valence-corrected chi connectivity index (χ2v) is 12.2. The lowest BCUT2D eigenvalue weighted by atomic mass is 9.46. The minimum absolute atomic E-state index is 0.0410. The lowest BCUT2D eigenvalue weighted by Gasteiger charge is -2.59. The van der Waals surface area contributed by atoms with Crippen LogP contribution in [0.5, 0.6) is 0 Å². The van der Waals surface area contributed by atoms with Crippen LogP contribution in [0.1, 0.15) is 58.8 Å². The third-order valence-electron chi connectivity index (χ3n) is 8.90. The zero-order valence-corrected chi connectivity index (χ0v) is 22.7. The summed E-state index contributed by atoms with van der Waals surface area (Å²) in [4.78, 5) is 29.3. The molecular weight excluding hydrogens is 490 g/mol. The predicted octanol–water partition coefficient (Wildman–Crippen LogP) is 4.48.